The zero-order valence-corrected chi connectivity index (χ0v) is 15.4. The Kier molecular flexibility index (Phi) is 4.46. The molecule has 0 aliphatic carbocycles. The number of guanidine groups is 1. The molecule has 1 aromatic heterocycles. The quantitative estimate of drug-likeness (QED) is 0.653. The van der Waals surface area contributed by atoms with Crippen LogP contribution in [0.3, 0.4) is 0 Å². The third-order valence-corrected chi connectivity index (χ3v) is 4.56. The number of nitrogens with one attached hydrogen (secondary N) is 3. The monoisotopic (exact) mass is 360 g/mol. The van der Waals surface area contributed by atoms with E-state index in [4.69, 9.17) is 0 Å². The lowest BCUT2D eigenvalue weighted by atomic mass is 10.1. The molecule has 0 saturated heterocycles. The van der Waals surface area contributed by atoms with Crippen LogP contribution in [0.4, 0.5) is 5.95 Å². The van der Waals surface area contributed by atoms with Crippen LogP contribution in [0, 0.1) is 13.8 Å². The molecule has 2 aromatic carbocycles. The first-order valence-electron chi connectivity index (χ1n) is 8.95. The molecule has 6 heteroatoms. The molecule has 1 aliphatic rings. The Labute approximate surface area is 157 Å². The van der Waals surface area contributed by atoms with Crippen LogP contribution >= 0.6 is 0 Å². The fraction of sp³-hybridized carbons (Fsp3) is 0.190. The van der Waals surface area contributed by atoms with E-state index in [1.807, 2.05) is 56.3 Å². The van der Waals surface area contributed by atoms with Crippen LogP contribution in [-0.2, 0) is 6.54 Å². The summed E-state index contributed by atoms with van der Waals surface area (Å²) < 4.78 is 1.64. The van der Waals surface area contributed by atoms with E-state index in [0.29, 0.717) is 18.2 Å². The van der Waals surface area contributed by atoms with Gasteiger partial charge >= 0.3 is 5.96 Å². The highest BCUT2D eigenvalue weighted by Crippen LogP contribution is 2.21. The van der Waals surface area contributed by atoms with Crippen LogP contribution in [0.25, 0.3) is 0 Å². The smallest absolute Gasteiger partial charge is 0.273 e. The average molecular weight is 360 g/mol. The maximum atomic E-state index is 12.6. The fourth-order valence-electron chi connectivity index (χ4n) is 3.16. The molecule has 27 heavy (non-hydrogen) atoms. The molecule has 2 heterocycles. The van der Waals surface area contributed by atoms with E-state index in [-0.39, 0.29) is 11.7 Å². The van der Waals surface area contributed by atoms with Crippen molar-refractivity contribution in [2.45, 2.75) is 26.6 Å². The zero-order valence-electron chi connectivity index (χ0n) is 15.4. The lowest BCUT2D eigenvalue weighted by Crippen LogP contribution is -2.78. The van der Waals surface area contributed by atoms with Gasteiger partial charge in [0.25, 0.3) is 11.5 Å². The molecule has 1 unspecified atom stereocenters. The maximum absolute atomic E-state index is 12.6. The minimum Gasteiger partial charge on any atom is -0.273 e. The van der Waals surface area contributed by atoms with Gasteiger partial charge in [0.05, 0.1) is 6.54 Å². The summed E-state index contributed by atoms with van der Waals surface area (Å²) in [7, 11) is 0. The molecule has 3 N–H and O–H groups in total. The largest absolute Gasteiger partial charge is 0.353 e. The number of hydrogen-bond donors (Lipinski definition) is 3. The van der Waals surface area contributed by atoms with Crippen LogP contribution in [0.1, 0.15) is 28.6 Å². The summed E-state index contributed by atoms with van der Waals surface area (Å²) in [5, 5.41) is 6.60. The molecule has 0 spiro atoms. The van der Waals surface area contributed by atoms with Crippen LogP contribution in [0.2, 0.25) is 0 Å². The highest BCUT2D eigenvalue weighted by molar-refractivity contribution is 5.89. The van der Waals surface area contributed by atoms with Crippen molar-refractivity contribution in [1.29, 1.82) is 0 Å². The lowest BCUT2D eigenvalue weighted by molar-refractivity contribution is -0.477. The van der Waals surface area contributed by atoms with Gasteiger partial charge in [-0.3, -0.25) is 15.1 Å². The highest BCUT2D eigenvalue weighted by Gasteiger charge is 2.31. The average Bonchev–Trinajstić information content (AvgIpc) is 2.67. The van der Waals surface area contributed by atoms with Gasteiger partial charge in [0, 0.05) is 17.3 Å². The van der Waals surface area contributed by atoms with Crippen LogP contribution in [0.5, 0.6) is 0 Å². The van der Waals surface area contributed by atoms with E-state index in [1.165, 1.54) is 11.1 Å². The second-order valence-corrected chi connectivity index (χ2v) is 6.73. The normalized spacial score (nSPS) is 17.1. The molecule has 0 bridgehead atoms. The predicted molar refractivity (Wildman–Crippen MR) is 105 cm³/mol. The minimum absolute atomic E-state index is 0.0924. The van der Waals surface area contributed by atoms with E-state index < -0.39 is 0 Å². The van der Waals surface area contributed by atoms with Crippen LogP contribution < -0.4 is 21.2 Å². The van der Waals surface area contributed by atoms with Crippen LogP contribution in [-0.4, -0.2) is 15.5 Å². The minimum atomic E-state index is -0.333. The van der Waals surface area contributed by atoms with Gasteiger partial charge in [-0.15, -0.1) is 0 Å². The molecule has 3 aromatic rings. The molecule has 0 amide bonds. The SMILES string of the molecule is Cc1ccc(C2NC(=[NH+]Cc3ccccc3)Nc3nc(C)cc(=O)n32)cc1. The number of fused-ring (bicyclic) bond motifs is 1. The maximum Gasteiger partial charge on any atom is 0.353 e. The molecule has 4 rings (SSSR count). The van der Waals surface area contributed by atoms with Crippen molar-refractivity contribution in [2.24, 2.45) is 0 Å². The van der Waals surface area contributed by atoms with E-state index in [0.717, 1.165) is 11.5 Å². The molecule has 0 saturated carbocycles. The number of hydrogen-bond acceptors (Lipinski definition) is 2. The molecule has 136 valence electrons. The van der Waals surface area contributed by atoms with E-state index in [1.54, 1.807) is 10.6 Å². The van der Waals surface area contributed by atoms with Crippen molar-refractivity contribution in [3.05, 3.63) is 93.4 Å². The van der Waals surface area contributed by atoms with Crippen molar-refractivity contribution >= 4 is 11.9 Å². The zero-order chi connectivity index (χ0) is 18.8. The molecular formula is C21H22N5O+. The third-order valence-electron chi connectivity index (χ3n) is 4.56. The van der Waals surface area contributed by atoms with Gasteiger partial charge in [-0.25, -0.2) is 14.9 Å². The molecular weight excluding hydrogens is 338 g/mol. The second-order valence-electron chi connectivity index (χ2n) is 6.73. The van der Waals surface area contributed by atoms with Gasteiger partial charge in [-0.1, -0.05) is 60.2 Å². The summed E-state index contributed by atoms with van der Waals surface area (Å²) in [6.07, 6.45) is -0.333. The second kappa shape index (κ2) is 7.07. The van der Waals surface area contributed by atoms with Crippen molar-refractivity contribution < 1.29 is 4.99 Å². The Bertz CT molecular complexity index is 1040. The Morgan fingerprint density at radius 3 is 2.56 bits per heavy atom. The first kappa shape index (κ1) is 17.0. The molecule has 0 fully saturated rings. The Morgan fingerprint density at radius 2 is 1.81 bits per heavy atom. The first-order chi connectivity index (χ1) is 13.1. The Morgan fingerprint density at radius 1 is 1.07 bits per heavy atom. The predicted octanol–water partition coefficient (Wildman–Crippen LogP) is 1.06. The van der Waals surface area contributed by atoms with Gasteiger partial charge in [0.1, 0.15) is 0 Å². The molecule has 1 aliphatic heterocycles. The molecule has 0 radical (unpaired) electrons. The molecule has 6 nitrogen and oxygen atoms in total. The van der Waals surface area contributed by atoms with Gasteiger partial charge < -0.3 is 0 Å². The summed E-state index contributed by atoms with van der Waals surface area (Å²) in [6, 6.07) is 19.9. The topological polar surface area (TPSA) is 72.9 Å². The fourth-order valence-corrected chi connectivity index (χ4v) is 3.16. The van der Waals surface area contributed by atoms with Crippen molar-refractivity contribution in [3.63, 3.8) is 0 Å². The summed E-state index contributed by atoms with van der Waals surface area (Å²) in [5.41, 5.74) is 3.93. The van der Waals surface area contributed by atoms with Gasteiger partial charge in [0.15, 0.2) is 6.17 Å². The number of benzene rings is 2. The molecule has 1 atom stereocenters. The summed E-state index contributed by atoms with van der Waals surface area (Å²) in [4.78, 5) is 20.5. The third kappa shape index (κ3) is 3.60. The van der Waals surface area contributed by atoms with Crippen molar-refractivity contribution in [3.8, 4) is 0 Å². The van der Waals surface area contributed by atoms with E-state index in [9.17, 15) is 4.79 Å². The highest BCUT2D eigenvalue weighted by atomic mass is 16.1. The first-order valence-corrected chi connectivity index (χ1v) is 8.95. The number of aromatic nitrogens is 2. The summed E-state index contributed by atoms with van der Waals surface area (Å²) in [5.74, 6) is 1.25. The standard InChI is InChI=1S/C21H21N5O/c1-14-8-10-17(11-9-14)19-24-20(22-13-16-6-4-3-5-7-16)25-21-23-15(2)12-18(27)26(19)21/h3-12,19H,13H2,1-2H3,(H2,22,23,24,25)/p+1. The van der Waals surface area contributed by atoms with Gasteiger partial charge in [-0.2, -0.15) is 0 Å². The van der Waals surface area contributed by atoms with Gasteiger partial charge in [-0.05, 0) is 19.4 Å². The summed E-state index contributed by atoms with van der Waals surface area (Å²) in [6.45, 7) is 4.53. The summed E-state index contributed by atoms with van der Waals surface area (Å²) >= 11 is 0. The van der Waals surface area contributed by atoms with Crippen LogP contribution in [0.15, 0.2) is 65.5 Å². The van der Waals surface area contributed by atoms with E-state index in [2.05, 4.69) is 32.7 Å². The Balaban J connectivity index is 1.74. The van der Waals surface area contributed by atoms with Crippen molar-refractivity contribution in [2.75, 3.05) is 5.32 Å². The number of rotatable bonds is 3. The van der Waals surface area contributed by atoms with Crippen molar-refractivity contribution in [1.82, 2.24) is 14.9 Å². The number of nitrogens with zero attached hydrogens (tertiary/aromatic N) is 2. The Hall–Kier alpha value is -3.41. The lowest BCUT2D eigenvalue weighted by Gasteiger charge is -2.26. The van der Waals surface area contributed by atoms with E-state index >= 15 is 0 Å². The number of aryl methyl sites for hydroxylation is 2. The van der Waals surface area contributed by atoms with Gasteiger partial charge in [0.2, 0.25) is 0 Å². The number of anilines is 1.